The predicted octanol–water partition coefficient (Wildman–Crippen LogP) is 3.05. The molecule has 0 aromatic carbocycles. The third-order valence-corrected chi connectivity index (χ3v) is 3.05. The van der Waals surface area contributed by atoms with Crippen molar-refractivity contribution in [1.82, 2.24) is 0 Å². The first-order valence-electron chi connectivity index (χ1n) is 6.71. The molecule has 1 atom stereocenters. The summed E-state index contributed by atoms with van der Waals surface area (Å²) in [5.74, 6) is 0.903. The Hall–Kier alpha value is -0.0800. The molecule has 92 valence electrons. The van der Waals surface area contributed by atoms with Crippen LogP contribution in [0.5, 0.6) is 0 Å². The topological polar surface area (TPSA) is 52.0 Å². The Kier molecular flexibility index (Phi) is 11.9. The zero-order chi connectivity index (χ0) is 11.4. The fourth-order valence-electron chi connectivity index (χ4n) is 1.95. The van der Waals surface area contributed by atoms with Gasteiger partial charge in [0.15, 0.2) is 0 Å². The Morgan fingerprint density at radius 3 is 1.53 bits per heavy atom. The number of hydrogen-bond donors (Lipinski definition) is 2. The van der Waals surface area contributed by atoms with Gasteiger partial charge < -0.3 is 11.5 Å². The highest BCUT2D eigenvalue weighted by molar-refractivity contribution is 4.55. The summed E-state index contributed by atoms with van der Waals surface area (Å²) in [5.41, 5.74) is 10.9. The van der Waals surface area contributed by atoms with Crippen LogP contribution in [-0.2, 0) is 0 Å². The van der Waals surface area contributed by atoms with Crippen LogP contribution in [0.1, 0.15) is 64.7 Å². The molecule has 0 aliphatic rings. The van der Waals surface area contributed by atoms with Gasteiger partial charge in [0, 0.05) is 0 Å². The van der Waals surface area contributed by atoms with Gasteiger partial charge in [0.25, 0.3) is 0 Å². The van der Waals surface area contributed by atoms with Crippen molar-refractivity contribution in [3.63, 3.8) is 0 Å². The lowest BCUT2D eigenvalue weighted by molar-refractivity contribution is 0.437. The molecule has 0 aromatic rings. The molecular weight excluding hydrogens is 184 g/mol. The van der Waals surface area contributed by atoms with Gasteiger partial charge in [-0.1, -0.05) is 51.9 Å². The molecule has 2 heteroatoms. The van der Waals surface area contributed by atoms with Crippen LogP contribution in [-0.4, -0.2) is 13.1 Å². The molecule has 4 N–H and O–H groups in total. The Bertz CT molecular complexity index is 115. The SMILES string of the molecule is CC(CCCCCN)CCCCCCN. The number of nitrogens with two attached hydrogens (primary N) is 2. The van der Waals surface area contributed by atoms with Gasteiger partial charge in [-0.2, -0.15) is 0 Å². The molecule has 0 bridgehead atoms. The van der Waals surface area contributed by atoms with Crippen LogP contribution in [0.25, 0.3) is 0 Å². The van der Waals surface area contributed by atoms with E-state index in [-0.39, 0.29) is 0 Å². The summed E-state index contributed by atoms with van der Waals surface area (Å²) in [7, 11) is 0. The fraction of sp³-hybridized carbons (Fsp3) is 1.00. The maximum Gasteiger partial charge on any atom is -0.00773 e. The van der Waals surface area contributed by atoms with Gasteiger partial charge in [-0.25, -0.2) is 0 Å². The lowest BCUT2D eigenvalue weighted by Crippen LogP contribution is -2.00. The highest BCUT2D eigenvalue weighted by Crippen LogP contribution is 2.16. The van der Waals surface area contributed by atoms with Gasteiger partial charge in [-0.3, -0.25) is 0 Å². The van der Waals surface area contributed by atoms with Crippen LogP contribution in [0.2, 0.25) is 0 Å². The molecule has 0 rings (SSSR count). The normalized spacial score (nSPS) is 13.0. The van der Waals surface area contributed by atoms with Crippen molar-refractivity contribution >= 4 is 0 Å². The molecule has 0 fully saturated rings. The van der Waals surface area contributed by atoms with Gasteiger partial charge in [-0.15, -0.1) is 0 Å². The molecule has 0 aliphatic heterocycles. The molecule has 1 unspecified atom stereocenters. The van der Waals surface area contributed by atoms with E-state index >= 15 is 0 Å². The Morgan fingerprint density at radius 2 is 1.07 bits per heavy atom. The minimum absolute atomic E-state index is 0.855. The minimum Gasteiger partial charge on any atom is -0.330 e. The molecule has 0 heterocycles. The van der Waals surface area contributed by atoms with E-state index in [2.05, 4.69) is 6.92 Å². The fourth-order valence-corrected chi connectivity index (χ4v) is 1.95. The second-order valence-electron chi connectivity index (χ2n) is 4.73. The molecule has 0 saturated carbocycles. The molecule has 0 radical (unpaired) electrons. The van der Waals surface area contributed by atoms with E-state index in [9.17, 15) is 0 Å². The summed E-state index contributed by atoms with van der Waals surface area (Å²) in [6.07, 6.45) is 11.9. The van der Waals surface area contributed by atoms with E-state index in [0.717, 1.165) is 19.0 Å². The summed E-state index contributed by atoms with van der Waals surface area (Å²) in [4.78, 5) is 0. The molecular formula is C13H30N2. The zero-order valence-corrected chi connectivity index (χ0v) is 10.5. The predicted molar refractivity (Wildman–Crippen MR) is 68.8 cm³/mol. The number of rotatable bonds is 11. The smallest absolute Gasteiger partial charge is 0.00773 e. The van der Waals surface area contributed by atoms with Crippen molar-refractivity contribution < 1.29 is 0 Å². The first-order valence-corrected chi connectivity index (χ1v) is 6.71. The van der Waals surface area contributed by atoms with E-state index in [1.807, 2.05) is 0 Å². The zero-order valence-electron chi connectivity index (χ0n) is 10.5. The number of unbranched alkanes of at least 4 members (excludes halogenated alkanes) is 5. The van der Waals surface area contributed by atoms with E-state index in [1.54, 1.807) is 0 Å². The molecule has 0 saturated heterocycles. The van der Waals surface area contributed by atoms with Crippen molar-refractivity contribution in [3.8, 4) is 0 Å². The van der Waals surface area contributed by atoms with E-state index in [4.69, 9.17) is 11.5 Å². The van der Waals surface area contributed by atoms with Crippen molar-refractivity contribution in [1.29, 1.82) is 0 Å². The lowest BCUT2D eigenvalue weighted by Gasteiger charge is -2.10. The molecule has 2 nitrogen and oxygen atoms in total. The second kappa shape index (κ2) is 12.0. The molecule has 15 heavy (non-hydrogen) atoms. The highest BCUT2D eigenvalue weighted by Gasteiger charge is 2.01. The van der Waals surface area contributed by atoms with Gasteiger partial charge in [0.05, 0.1) is 0 Å². The standard InChI is InChI=1S/C13H30N2/c1-13(10-6-4-8-12-15)9-5-2-3-7-11-14/h13H,2-12,14-15H2,1H3. The maximum atomic E-state index is 5.46. The van der Waals surface area contributed by atoms with Crippen LogP contribution in [0.3, 0.4) is 0 Å². The van der Waals surface area contributed by atoms with E-state index < -0.39 is 0 Å². The molecule has 0 aromatic heterocycles. The van der Waals surface area contributed by atoms with Crippen LogP contribution >= 0.6 is 0 Å². The van der Waals surface area contributed by atoms with Gasteiger partial charge in [0.1, 0.15) is 0 Å². The summed E-state index contributed by atoms with van der Waals surface area (Å²) < 4.78 is 0. The molecule has 0 amide bonds. The van der Waals surface area contributed by atoms with Crippen molar-refractivity contribution in [2.45, 2.75) is 64.7 Å². The summed E-state index contributed by atoms with van der Waals surface area (Å²) in [6, 6.07) is 0. The average Bonchev–Trinajstić information content (AvgIpc) is 2.24. The highest BCUT2D eigenvalue weighted by atomic mass is 14.5. The van der Waals surface area contributed by atoms with Gasteiger partial charge in [-0.05, 0) is 31.8 Å². The minimum atomic E-state index is 0.855. The van der Waals surface area contributed by atoms with Crippen LogP contribution < -0.4 is 11.5 Å². The van der Waals surface area contributed by atoms with Gasteiger partial charge in [0.2, 0.25) is 0 Å². The largest absolute Gasteiger partial charge is 0.330 e. The lowest BCUT2D eigenvalue weighted by atomic mass is 9.96. The summed E-state index contributed by atoms with van der Waals surface area (Å²) >= 11 is 0. The van der Waals surface area contributed by atoms with Crippen LogP contribution in [0.15, 0.2) is 0 Å². The molecule has 0 spiro atoms. The average molecular weight is 214 g/mol. The van der Waals surface area contributed by atoms with Gasteiger partial charge >= 0.3 is 0 Å². The summed E-state index contributed by atoms with van der Waals surface area (Å²) in [6.45, 7) is 4.09. The third-order valence-electron chi connectivity index (χ3n) is 3.05. The van der Waals surface area contributed by atoms with E-state index in [0.29, 0.717) is 0 Å². The first kappa shape index (κ1) is 14.9. The van der Waals surface area contributed by atoms with Crippen LogP contribution in [0, 0.1) is 5.92 Å². The molecule has 0 aliphatic carbocycles. The van der Waals surface area contributed by atoms with Crippen LogP contribution in [0.4, 0.5) is 0 Å². The summed E-state index contributed by atoms with van der Waals surface area (Å²) in [5, 5.41) is 0. The maximum absolute atomic E-state index is 5.46. The van der Waals surface area contributed by atoms with E-state index in [1.165, 1.54) is 57.8 Å². The number of hydrogen-bond acceptors (Lipinski definition) is 2. The first-order chi connectivity index (χ1) is 7.31. The Morgan fingerprint density at radius 1 is 0.667 bits per heavy atom. The van der Waals surface area contributed by atoms with Crippen molar-refractivity contribution in [2.75, 3.05) is 13.1 Å². The second-order valence-corrected chi connectivity index (χ2v) is 4.73. The monoisotopic (exact) mass is 214 g/mol. The quantitative estimate of drug-likeness (QED) is 0.519. The third kappa shape index (κ3) is 11.8. The Labute approximate surface area is 95.8 Å². The van der Waals surface area contributed by atoms with Crippen molar-refractivity contribution in [2.24, 2.45) is 17.4 Å². The van der Waals surface area contributed by atoms with Crippen molar-refractivity contribution in [3.05, 3.63) is 0 Å². The Balaban J connectivity index is 3.08.